The number of aromatic nitrogens is 2. The summed E-state index contributed by atoms with van der Waals surface area (Å²) >= 11 is 0. The lowest BCUT2D eigenvalue weighted by Gasteiger charge is -2.29. The van der Waals surface area contributed by atoms with Crippen LogP contribution in [0.3, 0.4) is 0 Å². The molecular weight excluding hydrogens is 503 g/mol. The van der Waals surface area contributed by atoms with Crippen LogP contribution in [-0.2, 0) is 13.6 Å². The van der Waals surface area contributed by atoms with Crippen molar-refractivity contribution in [2.75, 3.05) is 33.3 Å². The van der Waals surface area contributed by atoms with Crippen LogP contribution in [0.15, 0.2) is 29.3 Å². The van der Waals surface area contributed by atoms with Gasteiger partial charge in [-0.05, 0) is 64.4 Å². The molecule has 31 heavy (non-hydrogen) atoms. The molecule has 1 aromatic carbocycles. The first-order valence-electron chi connectivity index (χ1n) is 10.9. The number of nitrogens with zero attached hydrogens (tertiary/aromatic N) is 4. The number of aryl methyl sites for hydroxylation is 2. The zero-order chi connectivity index (χ0) is 21.5. The monoisotopic (exact) mass is 540 g/mol. The Kier molecular flexibility index (Phi) is 10.1. The van der Waals surface area contributed by atoms with E-state index in [9.17, 15) is 0 Å². The molecule has 3 rings (SSSR count). The van der Waals surface area contributed by atoms with Crippen molar-refractivity contribution in [3.63, 3.8) is 0 Å². The molecule has 1 unspecified atom stereocenters. The number of benzene rings is 1. The molecule has 0 spiro atoms. The second-order valence-electron chi connectivity index (χ2n) is 7.88. The summed E-state index contributed by atoms with van der Waals surface area (Å²) < 4.78 is 7.26. The van der Waals surface area contributed by atoms with E-state index in [0.717, 1.165) is 43.6 Å². The zero-order valence-electron chi connectivity index (χ0n) is 19.4. The summed E-state index contributed by atoms with van der Waals surface area (Å²) in [6.45, 7) is 10.8. The van der Waals surface area contributed by atoms with Crippen molar-refractivity contribution in [3.8, 4) is 5.75 Å². The lowest BCUT2D eigenvalue weighted by Crippen LogP contribution is -2.42. The Bertz CT molecular complexity index is 842. The molecule has 1 aliphatic heterocycles. The third-order valence-corrected chi connectivity index (χ3v) is 5.94. The summed E-state index contributed by atoms with van der Waals surface area (Å²) in [5, 5.41) is 11.5. The van der Waals surface area contributed by atoms with Gasteiger partial charge < -0.3 is 15.4 Å². The van der Waals surface area contributed by atoms with E-state index < -0.39 is 0 Å². The summed E-state index contributed by atoms with van der Waals surface area (Å²) in [4.78, 5) is 7.40. The summed E-state index contributed by atoms with van der Waals surface area (Å²) in [5.41, 5.74) is 4.71. The number of halogens is 1. The molecule has 2 aromatic rings. The Morgan fingerprint density at radius 3 is 2.39 bits per heavy atom. The maximum Gasteiger partial charge on any atom is 0.191 e. The molecular formula is C23H37IN6O. The fourth-order valence-corrected chi connectivity index (χ4v) is 4.08. The molecule has 1 saturated heterocycles. The number of guanidine groups is 1. The molecule has 2 N–H and O–H groups in total. The average Bonchev–Trinajstić information content (AvgIpc) is 3.36. The van der Waals surface area contributed by atoms with Crippen molar-refractivity contribution in [1.29, 1.82) is 0 Å². The van der Waals surface area contributed by atoms with Gasteiger partial charge in [0.25, 0.3) is 0 Å². The van der Waals surface area contributed by atoms with E-state index in [-0.39, 0.29) is 24.0 Å². The highest BCUT2D eigenvalue weighted by atomic mass is 127. The molecule has 0 amide bonds. The van der Waals surface area contributed by atoms with E-state index >= 15 is 0 Å². The second-order valence-corrected chi connectivity index (χ2v) is 7.88. The Morgan fingerprint density at radius 1 is 1.16 bits per heavy atom. The highest BCUT2D eigenvalue weighted by Gasteiger charge is 2.23. The second kappa shape index (κ2) is 12.3. The van der Waals surface area contributed by atoms with Gasteiger partial charge in [0.05, 0.1) is 25.4 Å². The van der Waals surface area contributed by atoms with Crippen LogP contribution in [0.4, 0.5) is 0 Å². The van der Waals surface area contributed by atoms with Crippen LogP contribution in [0.1, 0.15) is 48.3 Å². The van der Waals surface area contributed by atoms with E-state index in [0.29, 0.717) is 12.6 Å². The zero-order valence-corrected chi connectivity index (χ0v) is 21.8. The molecule has 172 valence electrons. The maximum atomic E-state index is 5.33. The van der Waals surface area contributed by atoms with Gasteiger partial charge in [0.2, 0.25) is 0 Å². The summed E-state index contributed by atoms with van der Waals surface area (Å²) in [7, 11) is 3.69. The molecule has 1 aromatic heterocycles. The Labute approximate surface area is 203 Å². The normalized spacial score (nSPS) is 15.5. The highest BCUT2D eigenvalue weighted by molar-refractivity contribution is 14.0. The summed E-state index contributed by atoms with van der Waals surface area (Å²) in [6.07, 6.45) is 2.53. The van der Waals surface area contributed by atoms with Crippen LogP contribution < -0.4 is 15.4 Å². The van der Waals surface area contributed by atoms with Gasteiger partial charge in [-0.25, -0.2) is 4.99 Å². The number of ether oxygens (including phenoxy) is 1. The highest BCUT2D eigenvalue weighted by Crippen LogP contribution is 2.26. The first kappa shape index (κ1) is 25.5. The number of rotatable bonds is 8. The lowest BCUT2D eigenvalue weighted by molar-refractivity contribution is 0.245. The number of hydrogen-bond acceptors (Lipinski definition) is 4. The average molecular weight is 540 g/mol. The van der Waals surface area contributed by atoms with Crippen LogP contribution in [0.25, 0.3) is 0 Å². The van der Waals surface area contributed by atoms with Gasteiger partial charge in [0, 0.05) is 31.4 Å². The van der Waals surface area contributed by atoms with Crippen LogP contribution >= 0.6 is 24.0 Å². The van der Waals surface area contributed by atoms with Crippen molar-refractivity contribution in [2.24, 2.45) is 12.0 Å². The first-order valence-corrected chi connectivity index (χ1v) is 10.9. The van der Waals surface area contributed by atoms with Crippen molar-refractivity contribution in [2.45, 2.75) is 46.2 Å². The predicted molar refractivity (Wildman–Crippen MR) is 137 cm³/mol. The van der Waals surface area contributed by atoms with Crippen molar-refractivity contribution in [1.82, 2.24) is 25.3 Å². The molecule has 8 heteroatoms. The minimum Gasteiger partial charge on any atom is -0.497 e. The number of aliphatic imine (C=N–C) groups is 1. The molecule has 0 bridgehead atoms. The number of hydrogen-bond donors (Lipinski definition) is 2. The molecule has 1 atom stereocenters. The van der Waals surface area contributed by atoms with Gasteiger partial charge in [-0.1, -0.05) is 12.1 Å². The molecule has 0 aliphatic carbocycles. The smallest absolute Gasteiger partial charge is 0.191 e. The van der Waals surface area contributed by atoms with Crippen molar-refractivity contribution in [3.05, 3.63) is 46.8 Å². The number of nitrogens with one attached hydrogen (secondary N) is 2. The largest absolute Gasteiger partial charge is 0.497 e. The van der Waals surface area contributed by atoms with Crippen LogP contribution in [-0.4, -0.2) is 53.9 Å². The van der Waals surface area contributed by atoms with Crippen LogP contribution in [0.5, 0.6) is 5.75 Å². The van der Waals surface area contributed by atoms with Crippen molar-refractivity contribution >= 4 is 29.9 Å². The Hall–Kier alpha value is -1.81. The SMILES string of the molecule is CCNC(=NCc1c(C)nn(C)c1C)NCC(c1ccc(OC)cc1)N1CCCC1.I. The molecule has 0 radical (unpaired) electrons. The van der Waals surface area contributed by atoms with Gasteiger partial charge in [-0.15, -0.1) is 24.0 Å². The molecule has 2 heterocycles. The maximum absolute atomic E-state index is 5.33. The van der Waals surface area contributed by atoms with E-state index in [1.165, 1.54) is 29.7 Å². The van der Waals surface area contributed by atoms with Gasteiger partial charge in [-0.3, -0.25) is 9.58 Å². The quantitative estimate of drug-likeness (QED) is 0.305. The lowest BCUT2D eigenvalue weighted by atomic mass is 10.1. The topological polar surface area (TPSA) is 66.7 Å². The fourth-order valence-electron chi connectivity index (χ4n) is 4.08. The van der Waals surface area contributed by atoms with E-state index in [4.69, 9.17) is 9.73 Å². The third kappa shape index (κ3) is 6.58. The van der Waals surface area contributed by atoms with Crippen LogP contribution in [0.2, 0.25) is 0 Å². The molecule has 1 aliphatic rings. The van der Waals surface area contributed by atoms with Gasteiger partial charge in [0.1, 0.15) is 5.75 Å². The summed E-state index contributed by atoms with van der Waals surface area (Å²) in [5.74, 6) is 1.74. The Balaban J connectivity index is 0.00000341. The number of likely N-dealkylation sites (tertiary alicyclic amines) is 1. The Morgan fingerprint density at radius 2 is 1.84 bits per heavy atom. The van der Waals surface area contributed by atoms with Crippen molar-refractivity contribution < 1.29 is 4.74 Å². The molecule has 1 fully saturated rings. The fraction of sp³-hybridized carbons (Fsp3) is 0.565. The van der Waals surface area contributed by atoms with Crippen LogP contribution in [0, 0.1) is 13.8 Å². The standard InChI is InChI=1S/C23H36N6O.HI/c1-6-24-23(25-15-21-17(2)27-28(4)18(21)3)26-16-22(29-13-7-8-14-29)19-9-11-20(30-5)12-10-19;/h9-12,22H,6-8,13-16H2,1-5H3,(H2,24,25,26);1H. The van der Waals surface area contributed by atoms with Gasteiger partial charge >= 0.3 is 0 Å². The van der Waals surface area contributed by atoms with E-state index in [2.05, 4.69) is 46.6 Å². The minimum absolute atomic E-state index is 0. The van der Waals surface area contributed by atoms with Gasteiger partial charge in [-0.2, -0.15) is 5.10 Å². The minimum atomic E-state index is 0. The third-order valence-electron chi connectivity index (χ3n) is 5.94. The first-order chi connectivity index (χ1) is 14.5. The van der Waals surface area contributed by atoms with E-state index in [1.54, 1.807) is 7.11 Å². The number of methoxy groups -OCH3 is 1. The van der Waals surface area contributed by atoms with E-state index in [1.807, 2.05) is 30.8 Å². The summed E-state index contributed by atoms with van der Waals surface area (Å²) in [6, 6.07) is 8.76. The predicted octanol–water partition coefficient (Wildman–Crippen LogP) is 3.56. The van der Waals surface area contributed by atoms with Gasteiger partial charge in [0.15, 0.2) is 5.96 Å². The molecule has 0 saturated carbocycles. The molecule has 7 nitrogen and oxygen atoms in total.